The van der Waals surface area contributed by atoms with Gasteiger partial charge in [-0.15, -0.1) is 11.3 Å². The molecule has 128 valence electrons. The van der Waals surface area contributed by atoms with Crippen molar-refractivity contribution in [3.05, 3.63) is 57.3 Å². The smallest absolute Gasteiger partial charge is 0.222 e. The van der Waals surface area contributed by atoms with Gasteiger partial charge in [-0.25, -0.2) is 0 Å². The molecule has 1 fully saturated rings. The van der Waals surface area contributed by atoms with Crippen molar-refractivity contribution in [2.24, 2.45) is 0 Å². The van der Waals surface area contributed by atoms with E-state index in [0.717, 1.165) is 32.5 Å². The Bertz CT molecular complexity index is 694. The van der Waals surface area contributed by atoms with E-state index >= 15 is 0 Å². The van der Waals surface area contributed by atoms with Crippen LogP contribution in [0, 0.1) is 0 Å². The second kappa shape index (κ2) is 7.95. The van der Waals surface area contributed by atoms with Crippen molar-refractivity contribution in [3.63, 3.8) is 0 Å². The highest BCUT2D eigenvalue weighted by molar-refractivity contribution is 7.12. The second-order valence-corrected chi connectivity index (χ2v) is 7.65. The van der Waals surface area contributed by atoms with Crippen LogP contribution < -0.4 is 5.32 Å². The van der Waals surface area contributed by atoms with E-state index in [9.17, 15) is 4.79 Å². The maximum Gasteiger partial charge on any atom is 0.222 e. The summed E-state index contributed by atoms with van der Waals surface area (Å²) in [5, 5.41) is 3.64. The van der Waals surface area contributed by atoms with Crippen LogP contribution in [-0.4, -0.2) is 17.4 Å². The lowest BCUT2D eigenvalue weighted by atomic mass is 10.1. The third kappa shape index (κ3) is 4.05. The molecule has 2 aromatic rings. The van der Waals surface area contributed by atoms with Gasteiger partial charge in [0.15, 0.2) is 0 Å². The maximum atomic E-state index is 11.9. The standard InChI is InChI=1S/C20H26N2OS/c1-3-18-10-11-19(24-18)15(2)21-13-16-7-4-5-8-17(16)14-22-12-6-9-20(22)23/h4-5,7-8,10-11,15,21H,3,6,9,12-14H2,1-2H3/t15-/m0/s1. The van der Waals surface area contributed by atoms with E-state index in [4.69, 9.17) is 0 Å². The topological polar surface area (TPSA) is 32.3 Å². The van der Waals surface area contributed by atoms with Crippen molar-refractivity contribution in [1.29, 1.82) is 0 Å². The Morgan fingerprint density at radius 1 is 1.21 bits per heavy atom. The normalized spacial score (nSPS) is 15.9. The van der Waals surface area contributed by atoms with Crippen LogP contribution >= 0.6 is 11.3 Å². The van der Waals surface area contributed by atoms with Gasteiger partial charge in [-0.3, -0.25) is 4.79 Å². The zero-order valence-corrected chi connectivity index (χ0v) is 15.4. The molecule has 0 radical (unpaired) electrons. The molecule has 1 saturated heterocycles. The van der Waals surface area contributed by atoms with Gasteiger partial charge in [0.2, 0.25) is 5.91 Å². The van der Waals surface area contributed by atoms with Gasteiger partial charge in [-0.05, 0) is 43.0 Å². The number of hydrogen-bond acceptors (Lipinski definition) is 3. The van der Waals surface area contributed by atoms with E-state index in [-0.39, 0.29) is 5.91 Å². The van der Waals surface area contributed by atoms with Crippen LogP contribution in [0.4, 0.5) is 0 Å². The Balaban J connectivity index is 1.63. The average Bonchev–Trinajstić information content (AvgIpc) is 3.23. The first-order chi connectivity index (χ1) is 11.7. The van der Waals surface area contributed by atoms with Crippen molar-refractivity contribution < 1.29 is 4.79 Å². The van der Waals surface area contributed by atoms with Crippen LogP contribution in [0.1, 0.15) is 53.6 Å². The van der Waals surface area contributed by atoms with Gasteiger partial charge in [0.1, 0.15) is 0 Å². The van der Waals surface area contributed by atoms with Crippen molar-refractivity contribution in [2.45, 2.75) is 52.2 Å². The molecule has 0 saturated carbocycles. The Labute approximate surface area is 148 Å². The molecule has 3 nitrogen and oxygen atoms in total. The summed E-state index contributed by atoms with van der Waals surface area (Å²) in [4.78, 5) is 16.7. The lowest BCUT2D eigenvalue weighted by Gasteiger charge is -2.19. The zero-order chi connectivity index (χ0) is 16.9. The minimum absolute atomic E-state index is 0.289. The summed E-state index contributed by atoms with van der Waals surface area (Å²) >= 11 is 1.89. The summed E-state index contributed by atoms with van der Waals surface area (Å²) in [6.45, 7) is 6.89. The summed E-state index contributed by atoms with van der Waals surface area (Å²) in [5.74, 6) is 0.289. The average molecular weight is 343 g/mol. The Morgan fingerprint density at radius 3 is 2.67 bits per heavy atom. The van der Waals surface area contributed by atoms with Gasteiger partial charge in [-0.1, -0.05) is 31.2 Å². The van der Waals surface area contributed by atoms with E-state index in [1.807, 2.05) is 16.2 Å². The molecular weight excluding hydrogens is 316 g/mol. The van der Waals surface area contributed by atoms with Crippen molar-refractivity contribution >= 4 is 17.2 Å². The lowest BCUT2D eigenvalue weighted by Crippen LogP contribution is -2.25. The lowest BCUT2D eigenvalue weighted by molar-refractivity contribution is -0.128. The maximum absolute atomic E-state index is 11.9. The fourth-order valence-corrected chi connectivity index (χ4v) is 4.12. The van der Waals surface area contributed by atoms with Crippen LogP contribution in [0.25, 0.3) is 0 Å². The highest BCUT2D eigenvalue weighted by Crippen LogP contribution is 2.24. The molecule has 0 aliphatic carbocycles. The number of thiophene rings is 1. The number of amides is 1. The Morgan fingerprint density at radius 2 is 2.00 bits per heavy atom. The monoisotopic (exact) mass is 342 g/mol. The predicted molar refractivity (Wildman–Crippen MR) is 100 cm³/mol. The van der Waals surface area contributed by atoms with Crippen LogP contribution in [-0.2, 0) is 24.3 Å². The highest BCUT2D eigenvalue weighted by Gasteiger charge is 2.21. The van der Waals surface area contributed by atoms with Crippen molar-refractivity contribution in [3.8, 4) is 0 Å². The Kier molecular flexibility index (Phi) is 5.69. The third-order valence-corrected chi connectivity index (χ3v) is 6.12. The van der Waals surface area contributed by atoms with Crippen LogP contribution in [0.2, 0.25) is 0 Å². The zero-order valence-electron chi connectivity index (χ0n) is 14.5. The fourth-order valence-electron chi connectivity index (χ4n) is 3.14. The number of benzene rings is 1. The SMILES string of the molecule is CCc1ccc([C@H](C)NCc2ccccc2CN2CCCC2=O)s1. The van der Waals surface area contributed by atoms with Gasteiger partial charge >= 0.3 is 0 Å². The van der Waals surface area contributed by atoms with Crippen molar-refractivity contribution in [2.75, 3.05) is 6.54 Å². The summed E-state index contributed by atoms with van der Waals surface area (Å²) in [6.07, 6.45) is 2.80. The van der Waals surface area contributed by atoms with Gasteiger partial charge in [-0.2, -0.15) is 0 Å². The number of hydrogen-bond donors (Lipinski definition) is 1. The first-order valence-electron chi connectivity index (χ1n) is 8.84. The first kappa shape index (κ1) is 17.2. The molecule has 1 aliphatic heterocycles. The van der Waals surface area contributed by atoms with E-state index in [0.29, 0.717) is 12.5 Å². The quantitative estimate of drug-likeness (QED) is 0.814. The van der Waals surface area contributed by atoms with Gasteiger partial charge in [0.25, 0.3) is 0 Å². The molecule has 0 spiro atoms. The molecule has 1 aromatic carbocycles. The molecule has 1 N–H and O–H groups in total. The molecule has 0 bridgehead atoms. The summed E-state index contributed by atoms with van der Waals surface area (Å²) < 4.78 is 0. The van der Waals surface area contributed by atoms with E-state index < -0.39 is 0 Å². The number of rotatable bonds is 7. The minimum atomic E-state index is 0.289. The minimum Gasteiger partial charge on any atom is -0.338 e. The number of likely N-dealkylation sites (tertiary alicyclic amines) is 1. The van der Waals surface area contributed by atoms with Gasteiger partial charge < -0.3 is 10.2 Å². The molecule has 4 heteroatoms. The van der Waals surface area contributed by atoms with Gasteiger partial charge in [0.05, 0.1) is 0 Å². The number of nitrogens with zero attached hydrogens (tertiary/aromatic N) is 1. The van der Waals surface area contributed by atoms with E-state index in [2.05, 4.69) is 55.6 Å². The van der Waals surface area contributed by atoms with E-state index in [1.54, 1.807) is 0 Å². The van der Waals surface area contributed by atoms with Crippen LogP contribution in [0.15, 0.2) is 36.4 Å². The summed E-state index contributed by atoms with van der Waals surface area (Å²) in [6, 6.07) is 13.3. The number of carbonyl (C=O) groups excluding carboxylic acids is 1. The molecule has 1 aliphatic rings. The van der Waals surface area contributed by atoms with Crippen LogP contribution in [0.5, 0.6) is 0 Å². The van der Waals surface area contributed by atoms with Gasteiger partial charge in [0, 0.05) is 41.9 Å². The number of nitrogens with one attached hydrogen (secondary N) is 1. The molecule has 2 heterocycles. The molecule has 1 aromatic heterocycles. The first-order valence-corrected chi connectivity index (χ1v) is 9.65. The largest absolute Gasteiger partial charge is 0.338 e. The summed E-state index contributed by atoms with van der Waals surface area (Å²) in [5.41, 5.74) is 2.55. The number of carbonyl (C=O) groups is 1. The van der Waals surface area contributed by atoms with Crippen LogP contribution in [0.3, 0.4) is 0 Å². The second-order valence-electron chi connectivity index (χ2n) is 6.45. The van der Waals surface area contributed by atoms with Crippen molar-refractivity contribution in [1.82, 2.24) is 10.2 Å². The molecule has 1 atom stereocenters. The number of aryl methyl sites for hydroxylation is 1. The van der Waals surface area contributed by atoms with E-state index in [1.165, 1.54) is 20.9 Å². The molecule has 24 heavy (non-hydrogen) atoms. The fraction of sp³-hybridized carbons (Fsp3) is 0.450. The molecular formula is C20H26N2OS. The highest BCUT2D eigenvalue weighted by atomic mass is 32.1. The molecule has 3 rings (SSSR count). The molecule has 1 amide bonds. The Hall–Kier alpha value is -1.65. The summed E-state index contributed by atoms with van der Waals surface area (Å²) in [7, 11) is 0. The third-order valence-electron chi connectivity index (χ3n) is 4.71. The predicted octanol–water partition coefficient (Wildman–Crippen LogP) is 4.28. The molecule has 0 unspecified atom stereocenters.